The van der Waals surface area contributed by atoms with Crippen LogP contribution < -0.4 is 10.6 Å². The van der Waals surface area contributed by atoms with Gasteiger partial charge in [0.15, 0.2) is 5.69 Å². The number of para-hydroxylation sites is 1. The summed E-state index contributed by atoms with van der Waals surface area (Å²) in [6.45, 7) is 7.89. The van der Waals surface area contributed by atoms with Gasteiger partial charge in [-0.1, -0.05) is 38.1 Å². The molecule has 2 aromatic heterocycles. The average molecular weight is 378 g/mol. The molecule has 0 atom stereocenters. The molecule has 0 radical (unpaired) electrons. The van der Waals surface area contributed by atoms with Gasteiger partial charge in [-0.25, -0.2) is 4.98 Å². The van der Waals surface area contributed by atoms with Crippen molar-refractivity contribution in [3.05, 3.63) is 65.2 Å². The van der Waals surface area contributed by atoms with E-state index in [1.54, 1.807) is 16.7 Å². The van der Waals surface area contributed by atoms with Gasteiger partial charge < -0.3 is 10.6 Å². The number of amides is 2. The van der Waals surface area contributed by atoms with E-state index >= 15 is 0 Å². The molecule has 6 nitrogen and oxygen atoms in total. The minimum absolute atomic E-state index is 0.0196. The maximum atomic E-state index is 13.1. The SMILES string of the molecule is CCc1cccc(CC)c1NC(=O)c1nc(C(=O)NC(C)C)c2ccccn12. The van der Waals surface area contributed by atoms with Crippen molar-refractivity contribution in [2.24, 2.45) is 0 Å². The van der Waals surface area contributed by atoms with Crippen molar-refractivity contribution in [2.75, 3.05) is 5.32 Å². The Morgan fingerprint density at radius 2 is 1.68 bits per heavy atom. The van der Waals surface area contributed by atoms with Crippen LogP contribution in [0.3, 0.4) is 0 Å². The van der Waals surface area contributed by atoms with Gasteiger partial charge >= 0.3 is 0 Å². The molecule has 0 aliphatic rings. The molecule has 0 unspecified atom stereocenters. The first kappa shape index (κ1) is 19.6. The summed E-state index contributed by atoms with van der Waals surface area (Å²) in [5.74, 6) is -0.432. The fraction of sp³-hybridized carbons (Fsp3) is 0.318. The molecule has 0 fully saturated rings. The highest BCUT2D eigenvalue weighted by Gasteiger charge is 2.22. The smallest absolute Gasteiger partial charge is 0.292 e. The Balaban J connectivity index is 2.03. The molecular formula is C22H26N4O2. The van der Waals surface area contributed by atoms with Crippen molar-refractivity contribution in [1.29, 1.82) is 0 Å². The molecule has 2 N–H and O–H groups in total. The predicted molar refractivity (Wildman–Crippen MR) is 111 cm³/mol. The third kappa shape index (κ3) is 3.76. The highest BCUT2D eigenvalue weighted by Crippen LogP contribution is 2.24. The van der Waals surface area contributed by atoms with Crippen LogP contribution in [0.5, 0.6) is 0 Å². The zero-order valence-electron chi connectivity index (χ0n) is 16.7. The average Bonchev–Trinajstić information content (AvgIpc) is 3.07. The van der Waals surface area contributed by atoms with E-state index in [1.165, 1.54) is 0 Å². The fourth-order valence-electron chi connectivity index (χ4n) is 3.27. The molecule has 3 aromatic rings. The predicted octanol–water partition coefficient (Wildman–Crippen LogP) is 3.85. The lowest BCUT2D eigenvalue weighted by Gasteiger charge is -2.14. The second-order valence-corrected chi connectivity index (χ2v) is 6.98. The van der Waals surface area contributed by atoms with Gasteiger partial charge in [0, 0.05) is 17.9 Å². The normalized spacial score (nSPS) is 11.0. The number of pyridine rings is 1. The monoisotopic (exact) mass is 378 g/mol. The van der Waals surface area contributed by atoms with Crippen LogP contribution in [0.15, 0.2) is 42.6 Å². The van der Waals surface area contributed by atoms with E-state index in [1.807, 2.05) is 44.2 Å². The second kappa shape index (κ2) is 8.25. The van der Waals surface area contributed by atoms with Crippen LogP contribution in [-0.4, -0.2) is 27.2 Å². The highest BCUT2D eigenvalue weighted by molar-refractivity contribution is 6.06. The van der Waals surface area contributed by atoms with E-state index in [-0.39, 0.29) is 29.4 Å². The Kier molecular flexibility index (Phi) is 5.78. The van der Waals surface area contributed by atoms with Crippen LogP contribution in [0.25, 0.3) is 5.52 Å². The lowest BCUT2D eigenvalue weighted by atomic mass is 10.0. The molecule has 6 heteroatoms. The Labute approximate surface area is 165 Å². The van der Waals surface area contributed by atoms with Gasteiger partial charge in [-0.3, -0.25) is 14.0 Å². The van der Waals surface area contributed by atoms with Gasteiger partial charge in [0.1, 0.15) is 0 Å². The van der Waals surface area contributed by atoms with Crippen molar-refractivity contribution < 1.29 is 9.59 Å². The van der Waals surface area contributed by atoms with Gasteiger partial charge in [0.2, 0.25) is 5.82 Å². The Morgan fingerprint density at radius 3 is 2.29 bits per heavy atom. The Bertz CT molecular complexity index is 998. The van der Waals surface area contributed by atoms with Gasteiger partial charge in [0.25, 0.3) is 11.8 Å². The van der Waals surface area contributed by atoms with Gasteiger partial charge in [-0.2, -0.15) is 0 Å². The van der Waals surface area contributed by atoms with Crippen LogP contribution in [0.2, 0.25) is 0 Å². The van der Waals surface area contributed by atoms with Crippen LogP contribution in [0.1, 0.15) is 59.9 Å². The first-order valence-corrected chi connectivity index (χ1v) is 9.66. The number of hydrogen-bond acceptors (Lipinski definition) is 3. The van der Waals surface area contributed by atoms with E-state index in [0.717, 1.165) is 29.7 Å². The molecule has 146 valence electrons. The number of carbonyl (C=O) groups excluding carboxylic acids is 2. The van der Waals surface area contributed by atoms with E-state index in [4.69, 9.17) is 0 Å². The largest absolute Gasteiger partial charge is 0.348 e. The summed E-state index contributed by atoms with van der Waals surface area (Å²) in [6, 6.07) is 11.4. The molecule has 2 amide bonds. The molecular weight excluding hydrogens is 352 g/mol. The molecule has 1 aromatic carbocycles. The molecule has 0 saturated carbocycles. The molecule has 2 heterocycles. The van der Waals surface area contributed by atoms with Gasteiger partial charge in [-0.05, 0) is 49.9 Å². The number of hydrogen-bond donors (Lipinski definition) is 2. The number of aromatic nitrogens is 2. The topological polar surface area (TPSA) is 75.5 Å². The minimum atomic E-state index is -0.333. The van der Waals surface area contributed by atoms with E-state index in [9.17, 15) is 9.59 Å². The molecule has 3 rings (SSSR count). The highest BCUT2D eigenvalue weighted by atomic mass is 16.2. The zero-order chi connectivity index (χ0) is 20.3. The standard InChI is InChI=1S/C22H26N4O2/c1-5-15-10-9-11-16(6-2)18(15)25-22(28)20-24-19(21(27)23-14(3)4)17-12-7-8-13-26(17)20/h7-14H,5-6H2,1-4H3,(H,23,27)(H,25,28). The number of fused-ring (bicyclic) bond motifs is 1. The molecule has 0 bridgehead atoms. The summed E-state index contributed by atoms with van der Waals surface area (Å²) in [5.41, 5.74) is 3.83. The van der Waals surface area contributed by atoms with E-state index in [2.05, 4.69) is 29.5 Å². The summed E-state index contributed by atoms with van der Waals surface area (Å²) < 4.78 is 1.66. The summed E-state index contributed by atoms with van der Waals surface area (Å²) in [5, 5.41) is 5.87. The van der Waals surface area contributed by atoms with Crippen molar-refractivity contribution in [3.8, 4) is 0 Å². The lowest BCUT2D eigenvalue weighted by molar-refractivity contribution is 0.0940. The van der Waals surface area contributed by atoms with Gasteiger partial charge in [-0.15, -0.1) is 0 Å². The summed E-state index contributed by atoms with van der Waals surface area (Å²) in [7, 11) is 0. The van der Waals surface area contributed by atoms with Crippen LogP contribution in [0.4, 0.5) is 5.69 Å². The Hall–Kier alpha value is -3.15. The number of aryl methyl sites for hydroxylation is 2. The Morgan fingerprint density at radius 1 is 1.00 bits per heavy atom. The number of anilines is 1. The number of benzene rings is 1. The van der Waals surface area contributed by atoms with E-state index in [0.29, 0.717) is 5.52 Å². The molecule has 0 aliphatic carbocycles. The molecule has 0 saturated heterocycles. The van der Waals surface area contributed by atoms with Crippen molar-refractivity contribution in [2.45, 2.75) is 46.6 Å². The second-order valence-electron chi connectivity index (χ2n) is 6.98. The summed E-state index contributed by atoms with van der Waals surface area (Å²) in [6.07, 6.45) is 3.37. The summed E-state index contributed by atoms with van der Waals surface area (Å²) >= 11 is 0. The molecule has 0 spiro atoms. The molecule has 28 heavy (non-hydrogen) atoms. The summed E-state index contributed by atoms with van der Waals surface area (Å²) in [4.78, 5) is 30.0. The number of rotatable bonds is 6. The maximum absolute atomic E-state index is 13.1. The quantitative estimate of drug-likeness (QED) is 0.684. The minimum Gasteiger partial charge on any atom is -0.348 e. The lowest BCUT2D eigenvalue weighted by Crippen LogP contribution is -2.30. The fourth-order valence-corrected chi connectivity index (χ4v) is 3.27. The van der Waals surface area contributed by atoms with Crippen LogP contribution in [-0.2, 0) is 12.8 Å². The van der Waals surface area contributed by atoms with Crippen molar-refractivity contribution >= 4 is 23.0 Å². The number of nitrogens with one attached hydrogen (secondary N) is 2. The number of carbonyl (C=O) groups is 2. The third-order valence-electron chi connectivity index (χ3n) is 4.62. The maximum Gasteiger partial charge on any atom is 0.292 e. The van der Waals surface area contributed by atoms with Gasteiger partial charge in [0.05, 0.1) is 5.52 Å². The first-order valence-electron chi connectivity index (χ1n) is 9.66. The first-order chi connectivity index (χ1) is 13.5. The van der Waals surface area contributed by atoms with Crippen molar-refractivity contribution in [3.63, 3.8) is 0 Å². The van der Waals surface area contributed by atoms with Crippen LogP contribution >= 0.6 is 0 Å². The number of nitrogens with zero attached hydrogens (tertiary/aromatic N) is 2. The number of imidazole rings is 1. The third-order valence-corrected chi connectivity index (χ3v) is 4.62. The molecule has 0 aliphatic heterocycles. The van der Waals surface area contributed by atoms with Crippen LogP contribution in [0, 0.1) is 0 Å². The van der Waals surface area contributed by atoms with E-state index < -0.39 is 0 Å². The van der Waals surface area contributed by atoms with Crippen molar-refractivity contribution in [1.82, 2.24) is 14.7 Å². The zero-order valence-corrected chi connectivity index (χ0v) is 16.7.